The number of anilines is 1. The second kappa shape index (κ2) is 5.29. The Hall–Kier alpha value is -2.42. The number of nitrogens with zero attached hydrogens (tertiary/aromatic N) is 3. The summed E-state index contributed by atoms with van der Waals surface area (Å²) in [5.74, 6) is 4.61. The van der Waals surface area contributed by atoms with E-state index in [0.29, 0.717) is 6.07 Å². The smallest absolute Gasteiger partial charge is 0.433 e. The molecular weight excluding hydrogens is 275 g/mol. The van der Waals surface area contributed by atoms with Crippen LogP contribution in [-0.2, 0) is 6.18 Å². The third kappa shape index (κ3) is 3.32. The van der Waals surface area contributed by atoms with E-state index in [1.165, 1.54) is 6.20 Å². The molecule has 0 radical (unpaired) electrons. The van der Waals surface area contributed by atoms with E-state index in [-0.39, 0.29) is 11.6 Å². The van der Waals surface area contributed by atoms with Crippen molar-refractivity contribution in [3.63, 3.8) is 0 Å². The minimum atomic E-state index is -4.63. The third-order valence-corrected chi connectivity index (χ3v) is 2.23. The Morgan fingerprint density at radius 2 is 2.00 bits per heavy atom. The third-order valence-electron chi connectivity index (χ3n) is 2.23. The normalized spacial score (nSPS) is 11.2. The predicted octanol–water partition coefficient (Wildman–Crippen LogP) is 2.28. The molecule has 2 heterocycles. The van der Waals surface area contributed by atoms with Gasteiger partial charge in [0.1, 0.15) is 5.75 Å². The molecular formula is C11H10F3N5O. The van der Waals surface area contributed by atoms with Crippen LogP contribution in [0.2, 0.25) is 0 Å². The van der Waals surface area contributed by atoms with Crippen molar-refractivity contribution >= 4 is 5.95 Å². The standard InChI is InChI=1S/C11H10F3N5O/c1-6-2-3-7(5-16-6)20-9-4-8(11(12,13)14)17-10(18-9)19-15/h2-5H,15H2,1H3,(H,17,18,19). The van der Waals surface area contributed by atoms with E-state index < -0.39 is 17.8 Å². The van der Waals surface area contributed by atoms with Gasteiger partial charge in [0.2, 0.25) is 11.8 Å². The van der Waals surface area contributed by atoms with Gasteiger partial charge in [-0.2, -0.15) is 18.2 Å². The van der Waals surface area contributed by atoms with Crippen molar-refractivity contribution in [2.75, 3.05) is 5.43 Å². The number of aromatic nitrogens is 3. The van der Waals surface area contributed by atoms with Crippen LogP contribution in [-0.4, -0.2) is 15.0 Å². The number of aryl methyl sites for hydroxylation is 1. The monoisotopic (exact) mass is 285 g/mol. The Morgan fingerprint density at radius 3 is 2.55 bits per heavy atom. The van der Waals surface area contributed by atoms with Crippen molar-refractivity contribution in [1.29, 1.82) is 0 Å². The van der Waals surface area contributed by atoms with Crippen LogP contribution in [0.25, 0.3) is 0 Å². The minimum absolute atomic E-state index is 0.255. The summed E-state index contributed by atoms with van der Waals surface area (Å²) >= 11 is 0. The molecule has 0 aliphatic carbocycles. The van der Waals surface area contributed by atoms with E-state index >= 15 is 0 Å². The molecule has 20 heavy (non-hydrogen) atoms. The lowest BCUT2D eigenvalue weighted by molar-refractivity contribution is -0.141. The summed E-state index contributed by atoms with van der Waals surface area (Å²) < 4.78 is 43.1. The summed E-state index contributed by atoms with van der Waals surface area (Å²) in [7, 11) is 0. The maximum atomic E-state index is 12.6. The number of halogens is 3. The molecule has 0 fully saturated rings. The maximum Gasteiger partial charge on any atom is 0.433 e. The van der Waals surface area contributed by atoms with Gasteiger partial charge in [-0.3, -0.25) is 10.4 Å². The van der Waals surface area contributed by atoms with E-state index in [2.05, 4.69) is 15.0 Å². The molecule has 2 aromatic heterocycles. The van der Waals surface area contributed by atoms with Crippen molar-refractivity contribution in [3.8, 4) is 11.6 Å². The Kier molecular flexibility index (Phi) is 3.70. The highest BCUT2D eigenvalue weighted by Crippen LogP contribution is 2.31. The van der Waals surface area contributed by atoms with E-state index in [0.717, 1.165) is 5.69 Å². The van der Waals surface area contributed by atoms with E-state index in [4.69, 9.17) is 10.6 Å². The number of nitrogen functional groups attached to an aromatic ring is 1. The lowest BCUT2D eigenvalue weighted by Gasteiger charge is -2.10. The molecule has 2 rings (SSSR count). The summed E-state index contributed by atoms with van der Waals surface area (Å²) in [6.45, 7) is 1.77. The SMILES string of the molecule is Cc1ccc(Oc2cc(C(F)(F)F)nc(NN)n2)cn1. The van der Waals surface area contributed by atoms with Crippen molar-refractivity contribution in [1.82, 2.24) is 15.0 Å². The van der Waals surface area contributed by atoms with Crippen LogP contribution >= 0.6 is 0 Å². The van der Waals surface area contributed by atoms with Crippen LogP contribution in [0, 0.1) is 6.92 Å². The van der Waals surface area contributed by atoms with Gasteiger partial charge in [-0.15, -0.1) is 0 Å². The van der Waals surface area contributed by atoms with Crippen LogP contribution < -0.4 is 16.0 Å². The molecule has 0 bridgehead atoms. The summed E-state index contributed by atoms with van der Waals surface area (Å²) in [4.78, 5) is 10.9. The number of ether oxygens (including phenoxy) is 1. The molecule has 0 spiro atoms. The summed E-state index contributed by atoms with van der Waals surface area (Å²) in [5.41, 5.74) is 1.55. The van der Waals surface area contributed by atoms with Gasteiger partial charge in [-0.25, -0.2) is 10.8 Å². The van der Waals surface area contributed by atoms with Crippen LogP contribution in [0.3, 0.4) is 0 Å². The number of hydrazine groups is 1. The molecule has 0 aliphatic rings. The number of hydrogen-bond acceptors (Lipinski definition) is 6. The first-order valence-corrected chi connectivity index (χ1v) is 5.42. The molecule has 3 N–H and O–H groups in total. The van der Waals surface area contributed by atoms with E-state index in [1.807, 2.05) is 5.43 Å². The fourth-order valence-corrected chi connectivity index (χ4v) is 1.32. The van der Waals surface area contributed by atoms with Gasteiger partial charge in [0.05, 0.1) is 6.20 Å². The molecule has 0 atom stereocenters. The molecule has 0 aliphatic heterocycles. The summed E-state index contributed by atoms with van der Waals surface area (Å²) in [5, 5.41) is 0. The van der Waals surface area contributed by atoms with Gasteiger partial charge in [0.15, 0.2) is 5.69 Å². The first-order valence-electron chi connectivity index (χ1n) is 5.42. The Morgan fingerprint density at radius 1 is 1.25 bits per heavy atom. The second-order valence-corrected chi connectivity index (χ2v) is 3.79. The lowest BCUT2D eigenvalue weighted by atomic mass is 10.3. The van der Waals surface area contributed by atoms with Gasteiger partial charge in [-0.05, 0) is 19.1 Å². The number of pyridine rings is 1. The number of hydrogen-bond donors (Lipinski definition) is 2. The van der Waals surface area contributed by atoms with Crippen molar-refractivity contribution in [2.45, 2.75) is 13.1 Å². The lowest BCUT2D eigenvalue weighted by Crippen LogP contribution is -2.15. The maximum absolute atomic E-state index is 12.6. The molecule has 0 amide bonds. The van der Waals surface area contributed by atoms with Gasteiger partial charge in [0.25, 0.3) is 0 Å². The summed E-state index contributed by atoms with van der Waals surface area (Å²) in [6, 6.07) is 3.90. The number of alkyl halides is 3. The van der Waals surface area contributed by atoms with Crippen LogP contribution in [0.5, 0.6) is 11.6 Å². The average Bonchev–Trinajstić information content (AvgIpc) is 2.40. The fraction of sp³-hybridized carbons (Fsp3) is 0.182. The van der Waals surface area contributed by atoms with E-state index in [9.17, 15) is 13.2 Å². The predicted molar refractivity (Wildman–Crippen MR) is 63.9 cm³/mol. The Bertz CT molecular complexity index is 600. The topological polar surface area (TPSA) is 86.0 Å². The minimum Gasteiger partial charge on any atom is -0.437 e. The van der Waals surface area contributed by atoms with Gasteiger partial charge < -0.3 is 4.74 Å². The number of rotatable bonds is 3. The highest BCUT2D eigenvalue weighted by Gasteiger charge is 2.34. The van der Waals surface area contributed by atoms with Crippen molar-refractivity contribution in [2.24, 2.45) is 5.84 Å². The molecule has 106 valence electrons. The quantitative estimate of drug-likeness (QED) is 0.664. The molecule has 0 aromatic carbocycles. The first-order chi connectivity index (χ1) is 9.38. The van der Waals surface area contributed by atoms with E-state index in [1.54, 1.807) is 19.1 Å². The van der Waals surface area contributed by atoms with Crippen LogP contribution in [0.4, 0.5) is 19.1 Å². The zero-order chi connectivity index (χ0) is 14.8. The zero-order valence-corrected chi connectivity index (χ0v) is 10.3. The highest BCUT2D eigenvalue weighted by molar-refractivity contribution is 5.33. The molecule has 0 saturated carbocycles. The molecule has 9 heteroatoms. The first kappa shape index (κ1) is 14.0. The highest BCUT2D eigenvalue weighted by atomic mass is 19.4. The summed E-state index contributed by atoms with van der Waals surface area (Å²) in [6.07, 6.45) is -3.25. The largest absolute Gasteiger partial charge is 0.437 e. The molecule has 0 saturated heterocycles. The van der Waals surface area contributed by atoms with Crippen molar-refractivity contribution in [3.05, 3.63) is 35.8 Å². The number of nitrogens with two attached hydrogens (primary N) is 1. The molecule has 2 aromatic rings. The zero-order valence-electron chi connectivity index (χ0n) is 10.3. The molecule has 0 unspecified atom stereocenters. The van der Waals surface area contributed by atoms with Gasteiger partial charge in [-0.1, -0.05) is 0 Å². The van der Waals surface area contributed by atoms with Crippen LogP contribution in [0.1, 0.15) is 11.4 Å². The van der Waals surface area contributed by atoms with Crippen LogP contribution in [0.15, 0.2) is 24.4 Å². The Labute approximate surface area is 111 Å². The number of nitrogens with one attached hydrogen (secondary N) is 1. The average molecular weight is 285 g/mol. The fourth-order valence-electron chi connectivity index (χ4n) is 1.32. The van der Waals surface area contributed by atoms with Crippen molar-refractivity contribution < 1.29 is 17.9 Å². The second-order valence-electron chi connectivity index (χ2n) is 3.79. The van der Waals surface area contributed by atoms with Gasteiger partial charge in [0, 0.05) is 11.8 Å². The Balaban J connectivity index is 2.33. The van der Waals surface area contributed by atoms with Gasteiger partial charge >= 0.3 is 6.18 Å². The molecule has 6 nitrogen and oxygen atoms in total.